The maximum Gasteiger partial charge on any atom is 0.113 e. The summed E-state index contributed by atoms with van der Waals surface area (Å²) in [7, 11) is 4.12. The molecule has 3 nitrogen and oxygen atoms in total. The number of hydrogen-bond acceptors (Lipinski definition) is 3. The monoisotopic (exact) mass is 183 g/mol. The van der Waals surface area contributed by atoms with Crippen LogP contribution in [0.4, 0.5) is 0 Å². The Bertz CT molecular complexity index is 201. The third-order valence-corrected chi connectivity index (χ3v) is 2.46. The molecule has 76 valence electrons. The van der Waals surface area contributed by atoms with Crippen molar-refractivity contribution >= 4 is 5.84 Å². The zero-order chi connectivity index (χ0) is 10.1. The van der Waals surface area contributed by atoms with E-state index < -0.39 is 0 Å². The molecule has 1 aliphatic rings. The van der Waals surface area contributed by atoms with Gasteiger partial charge in [0, 0.05) is 26.2 Å². The zero-order valence-electron chi connectivity index (χ0n) is 9.46. The molecule has 0 bridgehead atoms. The maximum atomic E-state index is 4.49. The average Bonchev–Trinajstić information content (AvgIpc) is 2.03. The van der Waals surface area contributed by atoms with Gasteiger partial charge in [0.25, 0.3) is 0 Å². The standard InChI is InChI=1S/C10H21N3/c1-10(2,3)13-7-6-11-9(8-13)12(4)5/h6-8H2,1-5H3. The third-order valence-electron chi connectivity index (χ3n) is 2.46. The average molecular weight is 183 g/mol. The zero-order valence-corrected chi connectivity index (χ0v) is 9.46. The summed E-state index contributed by atoms with van der Waals surface area (Å²) in [4.78, 5) is 9.07. The first-order valence-corrected chi connectivity index (χ1v) is 4.87. The van der Waals surface area contributed by atoms with Crippen molar-refractivity contribution in [3.63, 3.8) is 0 Å². The molecule has 0 spiro atoms. The SMILES string of the molecule is CN(C)C1=NCCN(C(C)(C)C)C1. The normalized spacial score (nSPS) is 19.9. The largest absolute Gasteiger partial charge is 0.365 e. The molecule has 0 saturated heterocycles. The summed E-state index contributed by atoms with van der Waals surface area (Å²) >= 11 is 0. The molecule has 3 heteroatoms. The van der Waals surface area contributed by atoms with Crippen molar-refractivity contribution in [1.82, 2.24) is 9.80 Å². The molecule has 0 unspecified atom stereocenters. The van der Waals surface area contributed by atoms with Gasteiger partial charge < -0.3 is 4.90 Å². The van der Waals surface area contributed by atoms with E-state index in [0.29, 0.717) is 0 Å². The molecule has 0 amide bonds. The summed E-state index contributed by atoms with van der Waals surface area (Å²) in [5.74, 6) is 1.20. The highest BCUT2D eigenvalue weighted by molar-refractivity contribution is 5.84. The van der Waals surface area contributed by atoms with Crippen LogP contribution in [0.2, 0.25) is 0 Å². The Morgan fingerprint density at radius 1 is 1.31 bits per heavy atom. The van der Waals surface area contributed by atoms with Gasteiger partial charge in [-0.3, -0.25) is 9.89 Å². The van der Waals surface area contributed by atoms with Gasteiger partial charge in [-0.25, -0.2) is 0 Å². The van der Waals surface area contributed by atoms with Crippen LogP contribution in [0.1, 0.15) is 20.8 Å². The molecule has 1 aliphatic heterocycles. The summed E-state index contributed by atoms with van der Waals surface area (Å²) < 4.78 is 0. The molecule has 0 aromatic carbocycles. The Morgan fingerprint density at radius 2 is 1.92 bits per heavy atom. The summed E-state index contributed by atoms with van der Waals surface area (Å²) in [5.41, 5.74) is 0.261. The molecule has 0 aromatic heterocycles. The lowest BCUT2D eigenvalue weighted by atomic mass is 10.1. The lowest BCUT2D eigenvalue weighted by Crippen LogP contribution is -2.50. The summed E-state index contributed by atoms with van der Waals surface area (Å²) in [6.07, 6.45) is 0. The summed E-state index contributed by atoms with van der Waals surface area (Å²) in [6, 6.07) is 0. The minimum Gasteiger partial charge on any atom is -0.365 e. The van der Waals surface area contributed by atoms with Crippen molar-refractivity contribution < 1.29 is 0 Å². The number of likely N-dealkylation sites (N-methyl/N-ethyl adjacent to an activating group) is 1. The number of amidine groups is 1. The Morgan fingerprint density at radius 3 is 2.38 bits per heavy atom. The molecular weight excluding hydrogens is 162 g/mol. The summed E-state index contributed by atoms with van der Waals surface area (Å²) in [6.45, 7) is 9.77. The molecule has 13 heavy (non-hydrogen) atoms. The molecule has 0 aromatic rings. The maximum absolute atomic E-state index is 4.49. The number of aliphatic imine (C=N–C) groups is 1. The second-order valence-corrected chi connectivity index (χ2v) is 4.78. The number of rotatable bonds is 0. The van der Waals surface area contributed by atoms with Crippen molar-refractivity contribution in [2.24, 2.45) is 4.99 Å². The van der Waals surface area contributed by atoms with Gasteiger partial charge in [0.2, 0.25) is 0 Å². The van der Waals surface area contributed by atoms with E-state index in [-0.39, 0.29) is 5.54 Å². The molecule has 0 fully saturated rings. The van der Waals surface area contributed by atoms with Crippen LogP contribution in [0.3, 0.4) is 0 Å². The van der Waals surface area contributed by atoms with Crippen LogP contribution in [0.5, 0.6) is 0 Å². The van der Waals surface area contributed by atoms with Crippen LogP contribution in [-0.4, -0.2) is 54.9 Å². The highest BCUT2D eigenvalue weighted by Crippen LogP contribution is 2.15. The van der Waals surface area contributed by atoms with Gasteiger partial charge in [-0.05, 0) is 20.8 Å². The van der Waals surface area contributed by atoms with Crippen molar-refractivity contribution in [3.05, 3.63) is 0 Å². The van der Waals surface area contributed by atoms with Crippen molar-refractivity contribution in [2.45, 2.75) is 26.3 Å². The third kappa shape index (κ3) is 2.69. The van der Waals surface area contributed by atoms with E-state index in [1.165, 1.54) is 5.84 Å². The Labute approximate surface area is 81.4 Å². The molecular formula is C10H21N3. The minimum atomic E-state index is 0.261. The van der Waals surface area contributed by atoms with Crippen LogP contribution >= 0.6 is 0 Å². The van der Waals surface area contributed by atoms with Crippen LogP contribution in [0.15, 0.2) is 4.99 Å². The molecule has 0 aliphatic carbocycles. The molecule has 0 radical (unpaired) electrons. The van der Waals surface area contributed by atoms with Crippen molar-refractivity contribution in [1.29, 1.82) is 0 Å². The quantitative estimate of drug-likeness (QED) is 0.559. The molecule has 0 N–H and O–H groups in total. The van der Waals surface area contributed by atoms with Gasteiger partial charge in [0.1, 0.15) is 5.84 Å². The second-order valence-electron chi connectivity index (χ2n) is 4.78. The predicted molar refractivity (Wildman–Crippen MR) is 57.3 cm³/mol. The van der Waals surface area contributed by atoms with Gasteiger partial charge in [-0.2, -0.15) is 0 Å². The van der Waals surface area contributed by atoms with Gasteiger partial charge in [0.15, 0.2) is 0 Å². The molecule has 1 heterocycles. The van der Waals surface area contributed by atoms with Gasteiger partial charge in [-0.1, -0.05) is 0 Å². The molecule has 1 rings (SSSR count). The number of hydrogen-bond donors (Lipinski definition) is 0. The second kappa shape index (κ2) is 3.66. The van der Waals surface area contributed by atoms with E-state index >= 15 is 0 Å². The van der Waals surface area contributed by atoms with E-state index in [0.717, 1.165) is 19.6 Å². The minimum absolute atomic E-state index is 0.261. The smallest absolute Gasteiger partial charge is 0.113 e. The van der Waals surface area contributed by atoms with Crippen molar-refractivity contribution in [2.75, 3.05) is 33.7 Å². The van der Waals surface area contributed by atoms with Gasteiger partial charge in [-0.15, -0.1) is 0 Å². The van der Waals surface area contributed by atoms with Crippen LogP contribution in [-0.2, 0) is 0 Å². The van der Waals surface area contributed by atoms with E-state index in [1.807, 2.05) is 0 Å². The van der Waals surface area contributed by atoms with E-state index in [4.69, 9.17) is 0 Å². The molecule has 0 atom stereocenters. The Kier molecular flexibility index (Phi) is 2.96. The van der Waals surface area contributed by atoms with E-state index in [9.17, 15) is 0 Å². The first-order valence-electron chi connectivity index (χ1n) is 4.87. The Hall–Kier alpha value is -0.570. The Balaban J connectivity index is 2.63. The highest BCUT2D eigenvalue weighted by Gasteiger charge is 2.25. The van der Waals surface area contributed by atoms with Crippen LogP contribution in [0.25, 0.3) is 0 Å². The lowest BCUT2D eigenvalue weighted by Gasteiger charge is -2.38. The fourth-order valence-corrected chi connectivity index (χ4v) is 1.45. The fraction of sp³-hybridized carbons (Fsp3) is 0.900. The molecule has 0 saturated carbocycles. The van der Waals surface area contributed by atoms with Crippen molar-refractivity contribution in [3.8, 4) is 0 Å². The first kappa shape index (κ1) is 10.5. The first-order chi connectivity index (χ1) is 5.91. The van der Waals surface area contributed by atoms with Crippen LogP contribution < -0.4 is 0 Å². The van der Waals surface area contributed by atoms with E-state index in [2.05, 4.69) is 49.7 Å². The van der Waals surface area contributed by atoms with E-state index in [1.54, 1.807) is 0 Å². The van der Waals surface area contributed by atoms with Gasteiger partial charge >= 0.3 is 0 Å². The topological polar surface area (TPSA) is 18.8 Å². The predicted octanol–water partition coefficient (Wildman–Crippen LogP) is 1.06. The van der Waals surface area contributed by atoms with Gasteiger partial charge in [0.05, 0.1) is 13.1 Å². The summed E-state index contributed by atoms with van der Waals surface area (Å²) in [5, 5.41) is 0. The fourth-order valence-electron chi connectivity index (χ4n) is 1.45. The highest BCUT2D eigenvalue weighted by atomic mass is 15.3. The van der Waals surface area contributed by atoms with Crippen LogP contribution in [0, 0.1) is 0 Å². The number of nitrogens with zero attached hydrogens (tertiary/aromatic N) is 3. The lowest BCUT2D eigenvalue weighted by molar-refractivity contribution is 0.154.